The zero-order valence-electron chi connectivity index (χ0n) is 16.3. The average molecular weight is 383 g/mol. The summed E-state index contributed by atoms with van der Waals surface area (Å²) in [7, 11) is 0. The monoisotopic (exact) mass is 382 g/mol. The maximum atomic E-state index is 12.7. The van der Waals surface area contributed by atoms with Crippen molar-refractivity contribution in [3.63, 3.8) is 0 Å². The summed E-state index contributed by atoms with van der Waals surface area (Å²) in [5.41, 5.74) is 4.90. The van der Waals surface area contributed by atoms with Crippen LogP contribution in [0, 0.1) is 13.8 Å². The van der Waals surface area contributed by atoms with Gasteiger partial charge in [0, 0.05) is 16.5 Å². The van der Waals surface area contributed by atoms with E-state index in [0.717, 1.165) is 22.6 Å². The SMILES string of the molecule is CC[C@H](C)NC(=O)c1ccc2c(c1)N(Cc1cc(C)ccc1C)C(=O)CS2. The number of carbonyl (C=O) groups excluding carboxylic acids is 2. The maximum absolute atomic E-state index is 12.7. The number of hydrogen-bond acceptors (Lipinski definition) is 3. The predicted octanol–water partition coefficient (Wildman–Crippen LogP) is 4.47. The van der Waals surface area contributed by atoms with Crippen molar-refractivity contribution in [3.05, 3.63) is 58.7 Å². The number of thioether (sulfide) groups is 1. The van der Waals surface area contributed by atoms with E-state index < -0.39 is 0 Å². The van der Waals surface area contributed by atoms with Crippen molar-refractivity contribution in [2.45, 2.75) is 51.6 Å². The van der Waals surface area contributed by atoms with Crippen molar-refractivity contribution in [1.29, 1.82) is 0 Å². The molecule has 27 heavy (non-hydrogen) atoms. The van der Waals surface area contributed by atoms with Crippen LogP contribution in [0.15, 0.2) is 41.3 Å². The van der Waals surface area contributed by atoms with Crippen LogP contribution in [0.3, 0.4) is 0 Å². The third-order valence-electron chi connectivity index (χ3n) is 4.99. The number of anilines is 1. The second-order valence-electron chi connectivity index (χ2n) is 7.16. The van der Waals surface area contributed by atoms with Gasteiger partial charge in [-0.15, -0.1) is 11.8 Å². The van der Waals surface area contributed by atoms with E-state index in [0.29, 0.717) is 17.9 Å². The summed E-state index contributed by atoms with van der Waals surface area (Å²) >= 11 is 1.53. The van der Waals surface area contributed by atoms with Crippen LogP contribution in [0.1, 0.15) is 47.3 Å². The fraction of sp³-hybridized carbons (Fsp3) is 0.364. The first-order chi connectivity index (χ1) is 12.9. The van der Waals surface area contributed by atoms with E-state index in [4.69, 9.17) is 0 Å². The zero-order chi connectivity index (χ0) is 19.6. The summed E-state index contributed by atoms with van der Waals surface area (Å²) in [4.78, 5) is 28.0. The van der Waals surface area contributed by atoms with Crippen molar-refractivity contribution in [2.75, 3.05) is 10.7 Å². The molecule has 0 fully saturated rings. The molecule has 0 spiro atoms. The molecule has 1 aliphatic heterocycles. The number of hydrogen-bond donors (Lipinski definition) is 1. The first-order valence-electron chi connectivity index (χ1n) is 9.33. The summed E-state index contributed by atoms with van der Waals surface area (Å²) in [6, 6.07) is 12.1. The number of fused-ring (bicyclic) bond motifs is 1. The predicted molar refractivity (Wildman–Crippen MR) is 111 cm³/mol. The third-order valence-corrected chi connectivity index (χ3v) is 6.03. The molecule has 2 amide bonds. The lowest BCUT2D eigenvalue weighted by molar-refractivity contribution is -0.116. The minimum Gasteiger partial charge on any atom is -0.350 e. The van der Waals surface area contributed by atoms with Crippen LogP contribution in [-0.4, -0.2) is 23.6 Å². The zero-order valence-corrected chi connectivity index (χ0v) is 17.2. The number of benzene rings is 2. The molecular formula is C22H26N2O2S. The Bertz CT molecular complexity index is 879. The molecule has 2 aromatic carbocycles. The molecular weight excluding hydrogens is 356 g/mol. The van der Waals surface area contributed by atoms with E-state index in [-0.39, 0.29) is 17.9 Å². The number of nitrogens with one attached hydrogen (secondary N) is 1. The van der Waals surface area contributed by atoms with Crippen molar-refractivity contribution < 1.29 is 9.59 Å². The van der Waals surface area contributed by atoms with E-state index >= 15 is 0 Å². The van der Waals surface area contributed by atoms with Crippen LogP contribution in [-0.2, 0) is 11.3 Å². The molecule has 1 heterocycles. The fourth-order valence-electron chi connectivity index (χ4n) is 3.07. The molecule has 4 nitrogen and oxygen atoms in total. The van der Waals surface area contributed by atoms with Crippen LogP contribution >= 0.6 is 11.8 Å². The second kappa shape index (κ2) is 8.17. The minimum absolute atomic E-state index is 0.0768. The van der Waals surface area contributed by atoms with Gasteiger partial charge in [0.05, 0.1) is 18.0 Å². The molecule has 0 radical (unpaired) electrons. The van der Waals surface area contributed by atoms with Crippen molar-refractivity contribution in [2.24, 2.45) is 0 Å². The Morgan fingerprint density at radius 2 is 2.00 bits per heavy atom. The highest BCUT2D eigenvalue weighted by molar-refractivity contribution is 8.00. The van der Waals surface area contributed by atoms with Crippen LogP contribution in [0.5, 0.6) is 0 Å². The molecule has 0 unspecified atom stereocenters. The van der Waals surface area contributed by atoms with Gasteiger partial charge in [-0.3, -0.25) is 9.59 Å². The van der Waals surface area contributed by atoms with Gasteiger partial charge in [-0.2, -0.15) is 0 Å². The van der Waals surface area contributed by atoms with Crippen molar-refractivity contribution in [3.8, 4) is 0 Å². The van der Waals surface area contributed by atoms with E-state index in [1.807, 2.05) is 36.9 Å². The first-order valence-corrected chi connectivity index (χ1v) is 10.3. The highest BCUT2D eigenvalue weighted by atomic mass is 32.2. The summed E-state index contributed by atoms with van der Waals surface area (Å²) in [6.07, 6.45) is 0.879. The van der Waals surface area contributed by atoms with Crippen LogP contribution < -0.4 is 10.2 Å². The van der Waals surface area contributed by atoms with Crippen LogP contribution in [0.2, 0.25) is 0 Å². The highest BCUT2D eigenvalue weighted by Gasteiger charge is 2.26. The molecule has 0 aliphatic carbocycles. The summed E-state index contributed by atoms with van der Waals surface area (Å²) in [5, 5.41) is 3.00. The molecule has 0 saturated carbocycles. The van der Waals surface area contributed by atoms with Gasteiger partial charge in [-0.05, 0) is 56.5 Å². The molecule has 5 heteroatoms. The molecule has 3 rings (SSSR count). The largest absolute Gasteiger partial charge is 0.350 e. The van der Waals surface area contributed by atoms with Gasteiger partial charge < -0.3 is 10.2 Å². The average Bonchev–Trinajstić information content (AvgIpc) is 2.66. The summed E-state index contributed by atoms with van der Waals surface area (Å²) in [5.74, 6) is 0.408. The Morgan fingerprint density at radius 1 is 1.22 bits per heavy atom. The molecule has 0 aromatic heterocycles. The fourth-order valence-corrected chi connectivity index (χ4v) is 3.98. The lowest BCUT2D eigenvalue weighted by Crippen LogP contribution is -2.36. The third kappa shape index (κ3) is 4.35. The summed E-state index contributed by atoms with van der Waals surface area (Å²) in [6.45, 7) is 8.68. The van der Waals surface area contributed by atoms with Gasteiger partial charge in [0.25, 0.3) is 5.91 Å². The number of aryl methyl sites for hydroxylation is 2. The van der Waals surface area contributed by atoms with E-state index in [9.17, 15) is 9.59 Å². The molecule has 1 aliphatic rings. The molecule has 2 aromatic rings. The smallest absolute Gasteiger partial charge is 0.251 e. The molecule has 0 saturated heterocycles. The van der Waals surface area contributed by atoms with Gasteiger partial charge in [-0.25, -0.2) is 0 Å². The topological polar surface area (TPSA) is 49.4 Å². The first kappa shape index (κ1) is 19.5. The molecule has 142 valence electrons. The van der Waals surface area contributed by atoms with Crippen LogP contribution in [0.4, 0.5) is 5.69 Å². The Labute approximate surface area is 165 Å². The molecule has 1 N–H and O–H groups in total. The van der Waals surface area contributed by atoms with E-state index in [2.05, 4.69) is 37.4 Å². The normalized spacial score (nSPS) is 14.7. The second-order valence-corrected chi connectivity index (χ2v) is 8.18. The van der Waals surface area contributed by atoms with Crippen molar-refractivity contribution >= 4 is 29.3 Å². The van der Waals surface area contributed by atoms with Gasteiger partial charge in [0.2, 0.25) is 5.91 Å². The van der Waals surface area contributed by atoms with Gasteiger partial charge in [-0.1, -0.05) is 30.7 Å². The molecule has 0 bridgehead atoms. The number of nitrogens with zero attached hydrogens (tertiary/aromatic N) is 1. The highest BCUT2D eigenvalue weighted by Crippen LogP contribution is 2.37. The minimum atomic E-state index is -0.0955. The maximum Gasteiger partial charge on any atom is 0.251 e. The Morgan fingerprint density at radius 3 is 2.74 bits per heavy atom. The van der Waals surface area contributed by atoms with Gasteiger partial charge in [0.15, 0.2) is 0 Å². The van der Waals surface area contributed by atoms with E-state index in [1.165, 1.54) is 22.9 Å². The Kier molecular flexibility index (Phi) is 5.90. The van der Waals surface area contributed by atoms with Gasteiger partial charge in [0.1, 0.15) is 0 Å². The Balaban J connectivity index is 1.93. The number of amides is 2. The Hall–Kier alpha value is -2.27. The lowest BCUT2D eigenvalue weighted by Gasteiger charge is -2.30. The van der Waals surface area contributed by atoms with Gasteiger partial charge >= 0.3 is 0 Å². The van der Waals surface area contributed by atoms with E-state index in [1.54, 1.807) is 0 Å². The van der Waals surface area contributed by atoms with Crippen molar-refractivity contribution in [1.82, 2.24) is 5.32 Å². The quantitative estimate of drug-likeness (QED) is 0.830. The standard InChI is InChI=1S/C22H26N2O2S/c1-5-16(4)23-22(26)17-8-9-20-19(11-17)24(21(25)13-27-20)12-18-10-14(2)6-7-15(18)3/h6-11,16H,5,12-13H2,1-4H3,(H,23,26)/t16-/m0/s1. The van der Waals surface area contributed by atoms with Crippen LogP contribution in [0.25, 0.3) is 0 Å². The summed E-state index contributed by atoms with van der Waals surface area (Å²) < 4.78 is 0. The number of carbonyl (C=O) groups is 2. The molecule has 1 atom stereocenters. The number of rotatable bonds is 5. The lowest BCUT2D eigenvalue weighted by atomic mass is 10.0.